The van der Waals surface area contributed by atoms with Crippen LogP contribution in [0.4, 0.5) is 5.69 Å². The van der Waals surface area contributed by atoms with Gasteiger partial charge in [-0.3, -0.25) is 19.7 Å². The molecule has 0 unspecified atom stereocenters. The Labute approximate surface area is 216 Å². The van der Waals surface area contributed by atoms with Crippen molar-refractivity contribution < 1.29 is 4.79 Å². The zero-order valence-corrected chi connectivity index (χ0v) is 21.3. The Morgan fingerprint density at radius 3 is 2.76 bits per heavy atom. The molecule has 0 spiro atoms. The number of carbonyl (C=O) groups excluding carboxylic acids is 1. The summed E-state index contributed by atoms with van der Waals surface area (Å²) >= 11 is 0. The van der Waals surface area contributed by atoms with Crippen LogP contribution in [0.2, 0.25) is 0 Å². The highest BCUT2D eigenvalue weighted by Crippen LogP contribution is 2.35. The van der Waals surface area contributed by atoms with Crippen LogP contribution in [0.25, 0.3) is 22.5 Å². The van der Waals surface area contributed by atoms with Crippen LogP contribution in [-0.2, 0) is 13.0 Å². The lowest BCUT2D eigenvalue weighted by atomic mass is 9.92. The Morgan fingerprint density at radius 1 is 1.05 bits per heavy atom. The molecule has 0 atom stereocenters. The third-order valence-corrected chi connectivity index (χ3v) is 7.55. The van der Waals surface area contributed by atoms with E-state index in [9.17, 15) is 4.79 Å². The second-order valence-electron chi connectivity index (χ2n) is 10.3. The maximum atomic E-state index is 13.1. The molecule has 0 bridgehead atoms. The maximum absolute atomic E-state index is 13.1. The highest BCUT2D eigenvalue weighted by atomic mass is 16.1. The minimum atomic E-state index is -0.253. The molecule has 37 heavy (non-hydrogen) atoms. The third-order valence-electron chi connectivity index (χ3n) is 7.55. The number of amides is 1. The summed E-state index contributed by atoms with van der Waals surface area (Å²) in [6.45, 7) is 6.39. The van der Waals surface area contributed by atoms with Crippen LogP contribution in [0.5, 0.6) is 0 Å². The summed E-state index contributed by atoms with van der Waals surface area (Å²) in [5.74, 6) is 0.577. The Hall–Kier alpha value is -3.91. The Morgan fingerprint density at radius 2 is 1.95 bits per heavy atom. The van der Waals surface area contributed by atoms with Crippen LogP contribution in [0.3, 0.4) is 0 Å². The molecule has 188 valence electrons. The fourth-order valence-corrected chi connectivity index (χ4v) is 5.09. The van der Waals surface area contributed by atoms with Gasteiger partial charge in [0.25, 0.3) is 5.91 Å². The molecule has 6 rings (SSSR count). The summed E-state index contributed by atoms with van der Waals surface area (Å²) in [6.07, 6.45) is 9.90. The monoisotopic (exact) mass is 493 g/mol. The van der Waals surface area contributed by atoms with Crippen LogP contribution in [0.15, 0.2) is 61.2 Å². The van der Waals surface area contributed by atoms with Crippen LogP contribution < -0.4 is 5.32 Å². The van der Waals surface area contributed by atoms with Gasteiger partial charge in [0.2, 0.25) is 0 Å². The molecule has 1 aromatic carbocycles. The van der Waals surface area contributed by atoms with Crippen molar-refractivity contribution in [1.29, 1.82) is 0 Å². The number of nitrogens with zero attached hydrogens (tertiary/aromatic N) is 6. The van der Waals surface area contributed by atoms with Crippen molar-refractivity contribution in [1.82, 2.24) is 29.6 Å². The van der Waals surface area contributed by atoms with E-state index in [1.54, 1.807) is 12.5 Å². The molecule has 4 aromatic rings. The number of anilines is 1. The summed E-state index contributed by atoms with van der Waals surface area (Å²) in [6, 6.07) is 14.7. The zero-order valence-electron chi connectivity index (χ0n) is 21.3. The van der Waals surface area contributed by atoms with Gasteiger partial charge in [0, 0.05) is 66.5 Å². The van der Waals surface area contributed by atoms with E-state index in [2.05, 4.69) is 49.9 Å². The lowest BCUT2D eigenvalue weighted by Crippen LogP contribution is -2.36. The van der Waals surface area contributed by atoms with Gasteiger partial charge in [-0.05, 0) is 74.6 Å². The second kappa shape index (κ2) is 9.86. The predicted molar refractivity (Wildman–Crippen MR) is 143 cm³/mol. The van der Waals surface area contributed by atoms with Gasteiger partial charge in [-0.1, -0.05) is 12.1 Å². The van der Waals surface area contributed by atoms with E-state index in [0.29, 0.717) is 23.5 Å². The van der Waals surface area contributed by atoms with Crippen molar-refractivity contribution in [3.8, 4) is 22.5 Å². The number of fused-ring (bicyclic) bond motifs is 1. The van der Waals surface area contributed by atoms with Crippen molar-refractivity contribution in [2.45, 2.75) is 58.2 Å². The standard InChI is InChI=1S/C29H31N7O/c1-19(2)35-12-10-26-23(17-35)13-22(16-31-26)20-9-11-30-27(15-20)29(37)33-24-6-3-5-21(14-24)28-34-32-18-36(28)25-7-4-8-25/h3,5-6,9,11,13-16,18-19,25H,4,7-8,10,12,17H2,1-2H3,(H,33,37). The molecule has 1 fully saturated rings. The maximum Gasteiger partial charge on any atom is 0.274 e. The van der Waals surface area contributed by atoms with Crippen molar-refractivity contribution in [2.24, 2.45) is 0 Å². The van der Waals surface area contributed by atoms with Gasteiger partial charge in [0.15, 0.2) is 5.82 Å². The van der Waals surface area contributed by atoms with Crippen molar-refractivity contribution in [2.75, 3.05) is 11.9 Å². The molecule has 8 nitrogen and oxygen atoms in total. The number of hydrogen-bond acceptors (Lipinski definition) is 6. The molecule has 1 saturated carbocycles. The van der Waals surface area contributed by atoms with Crippen molar-refractivity contribution >= 4 is 11.6 Å². The Bertz CT molecular complexity index is 1440. The normalized spacial score (nSPS) is 15.9. The predicted octanol–water partition coefficient (Wildman–Crippen LogP) is 5.15. The first kappa shape index (κ1) is 23.5. The molecule has 8 heteroatoms. The minimum absolute atomic E-state index is 0.253. The highest BCUT2D eigenvalue weighted by molar-refractivity contribution is 6.03. The van der Waals surface area contributed by atoms with E-state index in [1.807, 2.05) is 42.6 Å². The van der Waals surface area contributed by atoms with Crippen molar-refractivity contribution in [3.63, 3.8) is 0 Å². The zero-order chi connectivity index (χ0) is 25.4. The summed E-state index contributed by atoms with van der Waals surface area (Å²) in [7, 11) is 0. The second-order valence-corrected chi connectivity index (χ2v) is 10.3. The molecule has 0 saturated heterocycles. The number of benzene rings is 1. The van der Waals surface area contributed by atoms with Crippen LogP contribution in [0, 0.1) is 0 Å². The summed E-state index contributed by atoms with van der Waals surface area (Å²) in [5, 5.41) is 11.5. The van der Waals surface area contributed by atoms with Crippen LogP contribution in [0.1, 0.15) is 60.9 Å². The van der Waals surface area contributed by atoms with Gasteiger partial charge in [-0.15, -0.1) is 10.2 Å². The number of hydrogen-bond donors (Lipinski definition) is 1. The van der Waals surface area contributed by atoms with Gasteiger partial charge >= 0.3 is 0 Å². The SMILES string of the molecule is CC(C)N1CCc2ncc(-c3ccnc(C(=O)Nc4cccc(-c5nncn5C5CCC5)c4)c3)cc2C1. The summed E-state index contributed by atoms with van der Waals surface area (Å²) in [5.41, 5.74) is 6.34. The van der Waals surface area contributed by atoms with E-state index >= 15 is 0 Å². The van der Waals surface area contributed by atoms with Crippen LogP contribution in [-0.4, -0.2) is 48.1 Å². The molecule has 4 heterocycles. The molecule has 0 radical (unpaired) electrons. The summed E-state index contributed by atoms with van der Waals surface area (Å²) in [4.78, 5) is 24.7. The van der Waals surface area contributed by atoms with E-state index in [0.717, 1.165) is 54.9 Å². The number of aromatic nitrogens is 5. The average molecular weight is 494 g/mol. The van der Waals surface area contributed by atoms with E-state index in [-0.39, 0.29) is 5.91 Å². The van der Waals surface area contributed by atoms with E-state index in [1.165, 1.54) is 17.7 Å². The first-order chi connectivity index (χ1) is 18.0. The Kier molecular flexibility index (Phi) is 6.26. The molecule has 1 aliphatic carbocycles. The smallest absolute Gasteiger partial charge is 0.274 e. The fourth-order valence-electron chi connectivity index (χ4n) is 5.09. The van der Waals surface area contributed by atoms with E-state index < -0.39 is 0 Å². The first-order valence-corrected chi connectivity index (χ1v) is 13.0. The third kappa shape index (κ3) is 4.76. The molecule has 3 aromatic heterocycles. The van der Waals surface area contributed by atoms with Crippen LogP contribution >= 0.6 is 0 Å². The number of nitrogens with one attached hydrogen (secondary N) is 1. The molecule has 1 amide bonds. The fraction of sp³-hybridized carbons (Fsp3) is 0.345. The largest absolute Gasteiger partial charge is 0.321 e. The van der Waals surface area contributed by atoms with Gasteiger partial charge in [-0.2, -0.15) is 0 Å². The first-order valence-electron chi connectivity index (χ1n) is 13.0. The van der Waals surface area contributed by atoms with Gasteiger partial charge in [0.1, 0.15) is 12.0 Å². The van der Waals surface area contributed by atoms with Gasteiger partial charge in [-0.25, -0.2) is 0 Å². The Balaban J connectivity index is 1.21. The molecule has 1 aliphatic heterocycles. The number of pyridine rings is 2. The molecule has 1 N–H and O–H groups in total. The minimum Gasteiger partial charge on any atom is -0.321 e. The lowest BCUT2D eigenvalue weighted by Gasteiger charge is -2.31. The van der Waals surface area contributed by atoms with E-state index in [4.69, 9.17) is 4.98 Å². The summed E-state index contributed by atoms with van der Waals surface area (Å²) < 4.78 is 2.14. The molecular formula is C29H31N7O. The van der Waals surface area contributed by atoms with Gasteiger partial charge in [0.05, 0.1) is 0 Å². The average Bonchev–Trinajstić information content (AvgIpc) is 3.36. The lowest BCUT2D eigenvalue weighted by molar-refractivity contribution is 0.102. The topological polar surface area (TPSA) is 88.8 Å². The molecule has 2 aliphatic rings. The quantitative estimate of drug-likeness (QED) is 0.400. The number of rotatable bonds is 6. The number of carbonyl (C=O) groups is 1. The molecular weight excluding hydrogens is 462 g/mol. The van der Waals surface area contributed by atoms with Gasteiger partial charge < -0.3 is 9.88 Å². The highest BCUT2D eigenvalue weighted by Gasteiger charge is 2.23. The van der Waals surface area contributed by atoms with Crippen molar-refractivity contribution in [3.05, 3.63) is 78.1 Å².